The molecule has 0 saturated heterocycles. The van der Waals surface area contributed by atoms with Gasteiger partial charge in [0.15, 0.2) is 5.82 Å². The largest absolute Gasteiger partial charge is 0.375 e. The van der Waals surface area contributed by atoms with E-state index in [1.807, 2.05) is 4.68 Å². The van der Waals surface area contributed by atoms with Gasteiger partial charge >= 0.3 is 0 Å². The molecule has 1 heterocycles. The number of hydrogen-bond acceptors (Lipinski definition) is 4. The van der Waals surface area contributed by atoms with Crippen molar-refractivity contribution < 1.29 is 0 Å². The van der Waals surface area contributed by atoms with Gasteiger partial charge in [0.1, 0.15) is 0 Å². The lowest BCUT2D eigenvalue weighted by Crippen LogP contribution is -2.20. The number of aromatic nitrogens is 4. The minimum absolute atomic E-state index is 0.0963. The van der Waals surface area contributed by atoms with Crippen molar-refractivity contribution in [2.45, 2.75) is 65.0 Å². The summed E-state index contributed by atoms with van der Waals surface area (Å²) in [5, 5.41) is 16.0. The van der Waals surface area contributed by atoms with Gasteiger partial charge in [0.25, 0.3) is 0 Å². The zero-order valence-electron chi connectivity index (χ0n) is 13.7. The van der Waals surface area contributed by atoms with Crippen molar-refractivity contribution in [2.75, 3.05) is 5.32 Å². The Kier molecular flexibility index (Phi) is 4.41. The third kappa shape index (κ3) is 3.13. The molecule has 1 fully saturated rings. The van der Waals surface area contributed by atoms with E-state index in [-0.39, 0.29) is 6.04 Å². The summed E-state index contributed by atoms with van der Waals surface area (Å²) in [5.41, 5.74) is 3.73. The average molecular weight is 299 g/mol. The molecule has 1 unspecified atom stereocenters. The van der Waals surface area contributed by atoms with Crippen LogP contribution in [0, 0.1) is 13.8 Å². The monoisotopic (exact) mass is 299 g/mol. The first kappa shape index (κ1) is 15.0. The number of tetrazole rings is 1. The van der Waals surface area contributed by atoms with Gasteiger partial charge in [-0.05, 0) is 67.3 Å². The predicted octanol–water partition coefficient (Wildman–Crippen LogP) is 3.97. The maximum Gasteiger partial charge on any atom is 0.173 e. The molecule has 1 saturated carbocycles. The normalized spacial score (nSPS) is 17.4. The van der Waals surface area contributed by atoms with E-state index in [1.54, 1.807) is 0 Å². The van der Waals surface area contributed by atoms with E-state index in [4.69, 9.17) is 0 Å². The minimum Gasteiger partial charge on any atom is -0.375 e. The fourth-order valence-corrected chi connectivity index (χ4v) is 3.22. The topological polar surface area (TPSA) is 55.6 Å². The van der Waals surface area contributed by atoms with Crippen LogP contribution in [0.15, 0.2) is 18.2 Å². The third-order valence-corrected chi connectivity index (χ3v) is 4.72. The summed E-state index contributed by atoms with van der Waals surface area (Å²) >= 11 is 0. The minimum atomic E-state index is 0.0963. The first-order chi connectivity index (χ1) is 10.6. The Bertz CT molecular complexity index is 628. The van der Waals surface area contributed by atoms with E-state index in [0.29, 0.717) is 6.04 Å². The Balaban J connectivity index is 1.76. The molecular formula is C17H25N5. The third-order valence-electron chi connectivity index (χ3n) is 4.72. The quantitative estimate of drug-likeness (QED) is 0.928. The predicted molar refractivity (Wildman–Crippen MR) is 87.9 cm³/mol. The number of benzene rings is 1. The Morgan fingerprint density at radius 3 is 2.64 bits per heavy atom. The summed E-state index contributed by atoms with van der Waals surface area (Å²) in [6.45, 7) is 6.39. The van der Waals surface area contributed by atoms with E-state index in [1.165, 1.54) is 43.2 Å². The van der Waals surface area contributed by atoms with Crippen LogP contribution in [0.3, 0.4) is 0 Å². The summed E-state index contributed by atoms with van der Waals surface area (Å²) in [7, 11) is 0. The summed E-state index contributed by atoms with van der Waals surface area (Å²) in [4.78, 5) is 0. The van der Waals surface area contributed by atoms with Crippen LogP contribution in [0.4, 0.5) is 5.69 Å². The Morgan fingerprint density at radius 1 is 1.14 bits per heavy atom. The molecule has 0 spiro atoms. The van der Waals surface area contributed by atoms with Crippen molar-refractivity contribution in [3.05, 3.63) is 35.2 Å². The smallest absolute Gasteiger partial charge is 0.173 e. The molecule has 1 aliphatic carbocycles. The molecule has 5 nitrogen and oxygen atoms in total. The Hall–Kier alpha value is -1.91. The van der Waals surface area contributed by atoms with Gasteiger partial charge in [-0.1, -0.05) is 25.3 Å². The highest BCUT2D eigenvalue weighted by Crippen LogP contribution is 2.29. The van der Waals surface area contributed by atoms with Gasteiger partial charge < -0.3 is 5.32 Å². The van der Waals surface area contributed by atoms with Crippen LogP contribution >= 0.6 is 0 Å². The van der Waals surface area contributed by atoms with Crippen LogP contribution in [-0.2, 0) is 0 Å². The van der Waals surface area contributed by atoms with Crippen LogP contribution < -0.4 is 5.32 Å². The van der Waals surface area contributed by atoms with Crippen molar-refractivity contribution in [1.82, 2.24) is 20.2 Å². The van der Waals surface area contributed by atoms with E-state index in [0.717, 1.165) is 11.5 Å². The average Bonchev–Trinajstić information content (AvgIpc) is 3.01. The lowest BCUT2D eigenvalue weighted by molar-refractivity contribution is 0.314. The summed E-state index contributed by atoms with van der Waals surface area (Å²) in [6.07, 6.45) is 6.28. The molecule has 2 aromatic rings. The summed E-state index contributed by atoms with van der Waals surface area (Å²) < 4.78 is 2.04. The standard InChI is InChI=1S/C17H25N5/c1-12-9-10-15(11-13(12)2)18-14(3)17-19-20-21-22(17)16-7-5-4-6-8-16/h9-11,14,16,18H,4-8H2,1-3H3. The second-order valence-corrected chi connectivity index (χ2v) is 6.44. The Labute approximate surface area is 132 Å². The van der Waals surface area contributed by atoms with E-state index in [9.17, 15) is 0 Å². The first-order valence-electron chi connectivity index (χ1n) is 8.26. The van der Waals surface area contributed by atoms with Crippen LogP contribution in [-0.4, -0.2) is 20.2 Å². The molecule has 22 heavy (non-hydrogen) atoms. The van der Waals surface area contributed by atoms with E-state index < -0.39 is 0 Å². The number of nitrogens with one attached hydrogen (secondary N) is 1. The maximum atomic E-state index is 4.27. The van der Waals surface area contributed by atoms with E-state index in [2.05, 4.69) is 59.8 Å². The van der Waals surface area contributed by atoms with Gasteiger partial charge in [-0.15, -0.1) is 5.10 Å². The molecule has 0 amide bonds. The van der Waals surface area contributed by atoms with Gasteiger partial charge in [0.2, 0.25) is 0 Å². The van der Waals surface area contributed by atoms with Gasteiger partial charge in [-0.3, -0.25) is 0 Å². The van der Waals surface area contributed by atoms with Gasteiger partial charge in [-0.25, -0.2) is 4.68 Å². The fourth-order valence-electron chi connectivity index (χ4n) is 3.22. The van der Waals surface area contributed by atoms with Crippen molar-refractivity contribution in [3.63, 3.8) is 0 Å². The number of hydrogen-bond donors (Lipinski definition) is 1. The second kappa shape index (κ2) is 6.46. The van der Waals surface area contributed by atoms with Crippen molar-refractivity contribution in [3.8, 4) is 0 Å². The molecule has 0 bridgehead atoms. The lowest BCUT2D eigenvalue weighted by Gasteiger charge is -2.24. The van der Waals surface area contributed by atoms with Crippen LogP contribution in [0.25, 0.3) is 0 Å². The van der Waals surface area contributed by atoms with Gasteiger partial charge in [0.05, 0.1) is 12.1 Å². The molecule has 5 heteroatoms. The molecular weight excluding hydrogens is 274 g/mol. The van der Waals surface area contributed by atoms with Crippen LogP contribution in [0.2, 0.25) is 0 Å². The Morgan fingerprint density at radius 2 is 1.91 bits per heavy atom. The SMILES string of the molecule is Cc1ccc(NC(C)c2nnnn2C2CCCCC2)cc1C. The molecule has 0 radical (unpaired) electrons. The van der Waals surface area contributed by atoms with Crippen LogP contribution in [0.5, 0.6) is 0 Å². The molecule has 0 aliphatic heterocycles. The zero-order valence-corrected chi connectivity index (χ0v) is 13.7. The first-order valence-corrected chi connectivity index (χ1v) is 8.26. The molecule has 1 aromatic carbocycles. The summed E-state index contributed by atoms with van der Waals surface area (Å²) in [6, 6.07) is 7.00. The molecule has 118 valence electrons. The summed E-state index contributed by atoms with van der Waals surface area (Å²) in [5.74, 6) is 0.935. The number of rotatable bonds is 4. The highest BCUT2D eigenvalue weighted by Gasteiger charge is 2.22. The zero-order chi connectivity index (χ0) is 15.5. The maximum absolute atomic E-state index is 4.27. The number of aryl methyl sites for hydroxylation is 2. The van der Waals surface area contributed by atoms with Gasteiger partial charge in [-0.2, -0.15) is 0 Å². The number of nitrogens with zero attached hydrogens (tertiary/aromatic N) is 4. The number of anilines is 1. The highest BCUT2D eigenvalue weighted by molar-refractivity contribution is 5.49. The second-order valence-electron chi connectivity index (χ2n) is 6.44. The van der Waals surface area contributed by atoms with E-state index >= 15 is 0 Å². The molecule has 1 aliphatic rings. The van der Waals surface area contributed by atoms with Gasteiger partial charge in [0, 0.05) is 5.69 Å². The molecule has 1 atom stereocenters. The molecule has 1 aromatic heterocycles. The van der Waals surface area contributed by atoms with Crippen molar-refractivity contribution in [1.29, 1.82) is 0 Å². The van der Waals surface area contributed by atoms with Crippen molar-refractivity contribution >= 4 is 5.69 Å². The highest BCUT2D eigenvalue weighted by atomic mass is 15.6. The van der Waals surface area contributed by atoms with Crippen molar-refractivity contribution in [2.24, 2.45) is 0 Å². The lowest BCUT2D eigenvalue weighted by atomic mass is 9.95. The molecule has 3 rings (SSSR count). The van der Waals surface area contributed by atoms with Crippen LogP contribution in [0.1, 0.15) is 68.1 Å². The molecule has 1 N–H and O–H groups in total. The fraction of sp³-hybridized carbons (Fsp3) is 0.588.